The molecular weight excluding hydrogens is 532 g/mol. The highest BCUT2D eigenvalue weighted by Crippen LogP contribution is 2.40. The van der Waals surface area contributed by atoms with Gasteiger partial charge < -0.3 is 19.7 Å². The fourth-order valence-corrected chi connectivity index (χ4v) is 5.64. The minimum absolute atomic E-state index is 0.00835. The number of carbonyl (C=O) groups excluding carboxylic acids is 1. The lowest BCUT2D eigenvalue weighted by atomic mass is 9.93. The number of alkyl halides is 3. The molecule has 1 aromatic heterocycles. The standard InChI is InChI=1S/C26H25Cl2F3N2O4/c1-13-9-16(26(29,30)31)11-18-14(2)12-33(23(13)18)25(37)21-19(27)4-3-17(22(21)28)24(36)32-7-5-15(6-8-32)10-20(34)35/h3-4,9,11-12,15,25,37H,5-8,10H2,1-2H3,(H,34,35). The highest BCUT2D eigenvalue weighted by atomic mass is 35.5. The lowest BCUT2D eigenvalue weighted by molar-refractivity contribution is -0.139. The molecule has 0 spiro atoms. The molecule has 0 saturated carbocycles. The van der Waals surface area contributed by atoms with Crippen LogP contribution in [0.2, 0.25) is 10.0 Å². The number of nitrogens with zero attached hydrogens (tertiary/aromatic N) is 2. The van der Waals surface area contributed by atoms with Crippen molar-refractivity contribution >= 4 is 46.0 Å². The van der Waals surface area contributed by atoms with Crippen molar-refractivity contribution < 1.29 is 33.0 Å². The summed E-state index contributed by atoms with van der Waals surface area (Å²) in [4.78, 5) is 25.8. The van der Waals surface area contributed by atoms with Crippen LogP contribution in [0.3, 0.4) is 0 Å². The van der Waals surface area contributed by atoms with Crippen LogP contribution in [0.25, 0.3) is 10.9 Å². The zero-order valence-electron chi connectivity index (χ0n) is 20.1. The van der Waals surface area contributed by atoms with Crippen LogP contribution in [0.5, 0.6) is 0 Å². The Bertz CT molecular complexity index is 1380. The predicted octanol–water partition coefficient (Wildman–Crippen LogP) is 6.45. The molecule has 1 saturated heterocycles. The van der Waals surface area contributed by atoms with Gasteiger partial charge in [-0.15, -0.1) is 0 Å². The van der Waals surface area contributed by atoms with Gasteiger partial charge in [-0.3, -0.25) is 9.59 Å². The van der Waals surface area contributed by atoms with Crippen LogP contribution in [0.1, 0.15) is 58.1 Å². The number of fused-ring (bicyclic) bond motifs is 1. The molecule has 1 aliphatic rings. The van der Waals surface area contributed by atoms with Crippen molar-refractivity contribution in [3.8, 4) is 0 Å². The number of halogens is 5. The molecular formula is C26H25Cl2F3N2O4. The fourth-order valence-electron chi connectivity index (χ4n) is 4.99. The lowest BCUT2D eigenvalue weighted by Gasteiger charge is -2.32. The normalized spacial score (nSPS) is 15.8. The largest absolute Gasteiger partial charge is 0.481 e. The van der Waals surface area contributed by atoms with E-state index in [1.807, 2.05) is 0 Å². The minimum Gasteiger partial charge on any atom is -0.481 e. The highest BCUT2D eigenvalue weighted by Gasteiger charge is 2.33. The molecule has 3 aromatic rings. The number of rotatable bonds is 5. The number of piperidine rings is 1. The molecule has 37 heavy (non-hydrogen) atoms. The fraction of sp³-hybridized carbons (Fsp3) is 0.385. The molecule has 198 valence electrons. The van der Waals surface area contributed by atoms with Crippen LogP contribution >= 0.6 is 23.2 Å². The summed E-state index contributed by atoms with van der Waals surface area (Å²) in [5.74, 6) is -1.25. The van der Waals surface area contributed by atoms with E-state index in [1.165, 1.54) is 29.8 Å². The first-order valence-corrected chi connectivity index (χ1v) is 12.4. The number of benzene rings is 2. The van der Waals surface area contributed by atoms with E-state index >= 15 is 0 Å². The molecule has 0 aliphatic carbocycles. The number of hydrogen-bond acceptors (Lipinski definition) is 3. The Morgan fingerprint density at radius 1 is 1.11 bits per heavy atom. The van der Waals surface area contributed by atoms with Crippen molar-refractivity contribution in [1.82, 2.24) is 9.47 Å². The molecule has 4 rings (SSSR count). The van der Waals surface area contributed by atoms with Crippen LogP contribution in [0.4, 0.5) is 13.2 Å². The second-order valence-electron chi connectivity index (χ2n) is 9.44. The molecule has 0 bridgehead atoms. The quantitative estimate of drug-likeness (QED) is 0.378. The summed E-state index contributed by atoms with van der Waals surface area (Å²) in [5.41, 5.74) is 0.617. The summed E-state index contributed by atoms with van der Waals surface area (Å²) in [5, 5.41) is 20.7. The van der Waals surface area contributed by atoms with Gasteiger partial charge in [0.25, 0.3) is 5.91 Å². The Labute approximate surface area is 221 Å². The van der Waals surface area contributed by atoms with Gasteiger partial charge >= 0.3 is 12.1 Å². The third-order valence-electron chi connectivity index (χ3n) is 6.89. The van der Waals surface area contributed by atoms with E-state index in [9.17, 15) is 27.9 Å². The second kappa shape index (κ2) is 10.2. The van der Waals surface area contributed by atoms with Gasteiger partial charge in [0, 0.05) is 41.7 Å². The first kappa shape index (κ1) is 27.3. The molecule has 1 aliphatic heterocycles. The maximum atomic E-state index is 13.4. The molecule has 2 N–H and O–H groups in total. The van der Waals surface area contributed by atoms with E-state index < -0.39 is 23.9 Å². The Balaban J connectivity index is 1.69. The van der Waals surface area contributed by atoms with Gasteiger partial charge in [-0.25, -0.2) is 0 Å². The Morgan fingerprint density at radius 3 is 2.35 bits per heavy atom. The van der Waals surface area contributed by atoms with Crippen LogP contribution in [0, 0.1) is 19.8 Å². The number of aromatic nitrogens is 1. The molecule has 6 nitrogen and oxygen atoms in total. The topological polar surface area (TPSA) is 82.8 Å². The van der Waals surface area contributed by atoms with Crippen LogP contribution in [-0.2, 0) is 11.0 Å². The molecule has 1 atom stereocenters. The van der Waals surface area contributed by atoms with E-state index in [4.69, 9.17) is 28.3 Å². The van der Waals surface area contributed by atoms with Crippen LogP contribution in [-0.4, -0.2) is 44.6 Å². The Morgan fingerprint density at radius 2 is 1.76 bits per heavy atom. The van der Waals surface area contributed by atoms with Crippen LogP contribution < -0.4 is 0 Å². The predicted molar refractivity (Wildman–Crippen MR) is 134 cm³/mol. The number of carboxylic acid groups (broad SMARTS) is 1. The van der Waals surface area contributed by atoms with Crippen molar-refractivity contribution in [2.45, 2.75) is 45.5 Å². The molecule has 1 unspecified atom stereocenters. The monoisotopic (exact) mass is 556 g/mol. The van der Waals surface area contributed by atoms with Gasteiger partial charge in [0.2, 0.25) is 0 Å². The van der Waals surface area contributed by atoms with Crippen molar-refractivity contribution in [3.63, 3.8) is 0 Å². The van der Waals surface area contributed by atoms with Gasteiger partial charge in [-0.1, -0.05) is 23.2 Å². The van der Waals surface area contributed by atoms with Gasteiger partial charge in [-0.2, -0.15) is 13.2 Å². The van der Waals surface area contributed by atoms with Gasteiger partial charge in [0.1, 0.15) is 0 Å². The average molecular weight is 557 g/mol. The maximum Gasteiger partial charge on any atom is 0.416 e. The average Bonchev–Trinajstić information content (AvgIpc) is 3.15. The van der Waals surface area contributed by atoms with E-state index in [1.54, 1.807) is 11.8 Å². The molecule has 2 aromatic carbocycles. The van der Waals surface area contributed by atoms with Crippen molar-refractivity contribution in [2.75, 3.05) is 13.1 Å². The summed E-state index contributed by atoms with van der Waals surface area (Å²) in [6.45, 7) is 3.91. The summed E-state index contributed by atoms with van der Waals surface area (Å²) in [6.07, 6.45) is -3.32. The Hall–Kier alpha value is -2.75. The van der Waals surface area contributed by atoms with E-state index in [0.29, 0.717) is 48.0 Å². The van der Waals surface area contributed by atoms with E-state index in [0.717, 1.165) is 12.1 Å². The lowest BCUT2D eigenvalue weighted by Crippen LogP contribution is -2.39. The number of aliphatic hydroxyl groups is 1. The number of likely N-dealkylation sites (tertiary alicyclic amines) is 1. The number of aliphatic hydroxyl groups excluding tert-OH is 1. The summed E-state index contributed by atoms with van der Waals surface area (Å²) in [6, 6.07) is 4.97. The van der Waals surface area contributed by atoms with E-state index in [-0.39, 0.29) is 39.4 Å². The molecule has 1 fully saturated rings. The van der Waals surface area contributed by atoms with Gasteiger partial charge in [0.05, 0.1) is 21.7 Å². The zero-order valence-corrected chi connectivity index (χ0v) is 21.6. The van der Waals surface area contributed by atoms with E-state index in [2.05, 4.69) is 0 Å². The number of aryl methyl sites for hydroxylation is 2. The molecule has 11 heteroatoms. The third-order valence-corrected chi connectivity index (χ3v) is 7.62. The number of aliphatic carboxylic acids is 1. The molecule has 0 radical (unpaired) electrons. The summed E-state index contributed by atoms with van der Waals surface area (Å²) >= 11 is 13.0. The highest BCUT2D eigenvalue weighted by molar-refractivity contribution is 6.38. The van der Waals surface area contributed by atoms with Crippen molar-refractivity contribution in [3.05, 3.63) is 68.3 Å². The maximum absolute atomic E-state index is 13.4. The summed E-state index contributed by atoms with van der Waals surface area (Å²) in [7, 11) is 0. The number of amides is 1. The van der Waals surface area contributed by atoms with Crippen molar-refractivity contribution in [2.24, 2.45) is 5.92 Å². The Kier molecular flexibility index (Phi) is 7.52. The zero-order chi connectivity index (χ0) is 27.2. The number of carbonyl (C=O) groups is 2. The smallest absolute Gasteiger partial charge is 0.416 e. The molecule has 2 heterocycles. The first-order chi connectivity index (χ1) is 17.3. The van der Waals surface area contributed by atoms with Gasteiger partial charge in [0.15, 0.2) is 6.23 Å². The van der Waals surface area contributed by atoms with Crippen molar-refractivity contribution in [1.29, 1.82) is 0 Å². The SMILES string of the molecule is Cc1cn(C(O)c2c(Cl)ccc(C(=O)N3CCC(CC(=O)O)CC3)c2Cl)c2c(C)cc(C(F)(F)F)cc12. The molecule has 1 amide bonds. The summed E-state index contributed by atoms with van der Waals surface area (Å²) < 4.78 is 41.5. The van der Waals surface area contributed by atoms with Gasteiger partial charge in [-0.05, 0) is 68.0 Å². The number of hydrogen-bond donors (Lipinski definition) is 2. The minimum atomic E-state index is -4.52. The number of carboxylic acids is 1. The second-order valence-corrected chi connectivity index (χ2v) is 10.2. The first-order valence-electron chi connectivity index (χ1n) is 11.7. The third kappa shape index (κ3) is 5.30. The van der Waals surface area contributed by atoms with Crippen LogP contribution in [0.15, 0.2) is 30.5 Å².